The minimum absolute atomic E-state index is 0.305. The van der Waals surface area contributed by atoms with Gasteiger partial charge in [-0.3, -0.25) is 14.9 Å². The number of unbranched alkanes of at least 4 members (excludes halogenated alkanes) is 1. The maximum atomic E-state index is 12.2. The van der Waals surface area contributed by atoms with Gasteiger partial charge in [-0.15, -0.1) is 0 Å². The van der Waals surface area contributed by atoms with Gasteiger partial charge in [0.25, 0.3) is 11.8 Å². The third kappa shape index (κ3) is 3.91. The Morgan fingerprint density at radius 1 is 1.09 bits per heavy atom. The second kappa shape index (κ2) is 8.11. The van der Waals surface area contributed by atoms with Gasteiger partial charge in [0.15, 0.2) is 0 Å². The number of hydrogen-bond donors (Lipinski definition) is 1. The summed E-state index contributed by atoms with van der Waals surface area (Å²) in [6, 6.07) is 3.52. The molecule has 126 valence electrons. The normalized spacial score (nSPS) is 13.4. The van der Waals surface area contributed by atoms with Crippen LogP contribution in [0.1, 0.15) is 59.9 Å². The summed E-state index contributed by atoms with van der Waals surface area (Å²) in [6.07, 6.45) is 2.73. The van der Waals surface area contributed by atoms with Gasteiger partial charge in [-0.2, -0.15) is 0 Å². The highest BCUT2D eigenvalue weighted by Gasteiger charge is 2.31. The van der Waals surface area contributed by atoms with Crippen molar-refractivity contribution in [1.29, 1.82) is 0 Å². The van der Waals surface area contributed by atoms with Crippen molar-refractivity contribution in [3.63, 3.8) is 0 Å². The number of carbonyl (C=O) groups excluding carboxylic acids is 2. The lowest BCUT2D eigenvalue weighted by Crippen LogP contribution is -2.26. The van der Waals surface area contributed by atoms with Crippen LogP contribution < -0.4 is 10.1 Å². The maximum absolute atomic E-state index is 12.2. The number of carbonyl (C=O) groups is 2. The van der Waals surface area contributed by atoms with E-state index in [1.807, 2.05) is 6.07 Å². The highest BCUT2D eigenvalue weighted by atomic mass is 16.5. The number of benzene rings is 1. The summed E-state index contributed by atoms with van der Waals surface area (Å²) in [5, 5.41) is 2.39. The van der Waals surface area contributed by atoms with E-state index in [-0.39, 0.29) is 11.8 Å². The van der Waals surface area contributed by atoms with Crippen LogP contribution in [-0.2, 0) is 6.42 Å². The number of ether oxygens (including phenoxy) is 1. The second-order valence-electron chi connectivity index (χ2n) is 5.73. The molecule has 1 N–H and O–H groups in total. The van der Waals surface area contributed by atoms with Crippen LogP contribution in [0.25, 0.3) is 0 Å². The highest BCUT2D eigenvalue weighted by molar-refractivity contribution is 6.22. The molecule has 0 spiro atoms. The van der Waals surface area contributed by atoms with Crippen molar-refractivity contribution in [3.8, 4) is 5.75 Å². The molecule has 0 aliphatic carbocycles. The molecule has 23 heavy (non-hydrogen) atoms. The number of hydrogen-bond acceptors (Lipinski definition) is 4. The van der Waals surface area contributed by atoms with E-state index in [1.165, 1.54) is 0 Å². The van der Waals surface area contributed by atoms with E-state index >= 15 is 0 Å². The zero-order chi connectivity index (χ0) is 16.8. The smallest absolute Gasteiger partial charge is 0.259 e. The molecule has 0 unspecified atom stereocenters. The van der Waals surface area contributed by atoms with Crippen LogP contribution >= 0.6 is 0 Å². The first kappa shape index (κ1) is 17.5. The van der Waals surface area contributed by atoms with Gasteiger partial charge in [-0.05, 0) is 38.1 Å². The van der Waals surface area contributed by atoms with Gasteiger partial charge in [-0.1, -0.05) is 27.2 Å². The van der Waals surface area contributed by atoms with E-state index < -0.39 is 0 Å². The fourth-order valence-corrected chi connectivity index (χ4v) is 2.83. The minimum atomic E-state index is -0.311. The predicted octanol–water partition coefficient (Wildman–Crippen LogP) is 2.63. The van der Waals surface area contributed by atoms with Crippen molar-refractivity contribution in [1.82, 2.24) is 10.2 Å². The lowest BCUT2D eigenvalue weighted by atomic mass is 9.98. The molecule has 0 fully saturated rings. The summed E-state index contributed by atoms with van der Waals surface area (Å²) in [4.78, 5) is 26.3. The van der Waals surface area contributed by atoms with E-state index in [0.29, 0.717) is 24.2 Å². The molecule has 2 rings (SSSR count). The fourth-order valence-electron chi connectivity index (χ4n) is 2.83. The Kier molecular flexibility index (Phi) is 6.16. The highest BCUT2D eigenvalue weighted by Crippen LogP contribution is 2.29. The van der Waals surface area contributed by atoms with E-state index in [0.717, 1.165) is 43.8 Å². The first-order valence-electron chi connectivity index (χ1n) is 8.49. The van der Waals surface area contributed by atoms with Crippen molar-refractivity contribution >= 4 is 11.8 Å². The first-order valence-corrected chi connectivity index (χ1v) is 8.49. The molecule has 0 saturated carbocycles. The first-order chi connectivity index (χ1) is 11.1. The Hall–Kier alpha value is -1.88. The van der Waals surface area contributed by atoms with Crippen molar-refractivity contribution < 1.29 is 14.3 Å². The number of rotatable bonds is 9. The number of amides is 2. The summed E-state index contributed by atoms with van der Waals surface area (Å²) in [5.41, 5.74) is 1.82. The fraction of sp³-hybridized carbons (Fsp3) is 0.556. The molecule has 5 heteroatoms. The Bertz CT molecular complexity index is 580. The molecule has 1 aromatic carbocycles. The van der Waals surface area contributed by atoms with Crippen molar-refractivity contribution in [2.45, 2.75) is 40.0 Å². The number of nitrogens with zero attached hydrogens (tertiary/aromatic N) is 1. The topological polar surface area (TPSA) is 58.6 Å². The molecule has 0 bridgehead atoms. The molecule has 5 nitrogen and oxygen atoms in total. The van der Waals surface area contributed by atoms with Crippen LogP contribution in [0.3, 0.4) is 0 Å². The molecule has 1 aliphatic heterocycles. The van der Waals surface area contributed by atoms with Gasteiger partial charge in [0.2, 0.25) is 0 Å². The lowest BCUT2D eigenvalue weighted by molar-refractivity contribution is 0.0879. The van der Waals surface area contributed by atoms with Crippen LogP contribution in [0, 0.1) is 0 Å². The number of nitrogens with one attached hydrogen (secondary N) is 1. The minimum Gasteiger partial charge on any atom is -0.493 e. The quantitative estimate of drug-likeness (QED) is 0.562. The molecule has 1 heterocycles. The van der Waals surface area contributed by atoms with Gasteiger partial charge >= 0.3 is 0 Å². The van der Waals surface area contributed by atoms with E-state index in [1.54, 1.807) is 6.07 Å². The van der Waals surface area contributed by atoms with Gasteiger partial charge in [0, 0.05) is 12.1 Å². The summed E-state index contributed by atoms with van der Waals surface area (Å²) in [7, 11) is 0. The second-order valence-corrected chi connectivity index (χ2v) is 5.73. The van der Waals surface area contributed by atoms with Gasteiger partial charge in [0.05, 0.1) is 17.7 Å². The third-order valence-electron chi connectivity index (χ3n) is 4.30. The average molecular weight is 318 g/mol. The van der Waals surface area contributed by atoms with Crippen LogP contribution in [0.4, 0.5) is 0 Å². The monoisotopic (exact) mass is 318 g/mol. The lowest BCUT2D eigenvalue weighted by Gasteiger charge is -2.20. The molecule has 1 aromatic rings. The SMILES string of the molecule is CCCCOc1ccc2c(c1CCN(CC)CC)C(=O)NC2=O. The number of imide groups is 1. The van der Waals surface area contributed by atoms with E-state index in [4.69, 9.17) is 4.74 Å². The van der Waals surface area contributed by atoms with Gasteiger partial charge < -0.3 is 9.64 Å². The zero-order valence-corrected chi connectivity index (χ0v) is 14.3. The van der Waals surface area contributed by atoms with Crippen LogP contribution in [0.2, 0.25) is 0 Å². The number of fused-ring (bicyclic) bond motifs is 1. The zero-order valence-electron chi connectivity index (χ0n) is 14.3. The maximum Gasteiger partial charge on any atom is 0.259 e. The Morgan fingerprint density at radius 3 is 2.48 bits per heavy atom. The summed E-state index contributed by atoms with van der Waals surface area (Å²) in [5.74, 6) is 0.115. The van der Waals surface area contributed by atoms with E-state index in [2.05, 4.69) is 31.0 Å². The molecule has 0 radical (unpaired) electrons. The molecule has 1 aliphatic rings. The molecule has 2 amide bonds. The largest absolute Gasteiger partial charge is 0.493 e. The summed E-state index contributed by atoms with van der Waals surface area (Å²) < 4.78 is 5.88. The van der Waals surface area contributed by atoms with E-state index in [9.17, 15) is 9.59 Å². The molecule has 0 aromatic heterocycles. The number of likely N-dealkylation sites (N-methyl/N-ethyl adjacent to an activating group) is 1. The van der Waals surface area contributed by atoms with Gasteiger partial charge in [-0.25, -0.2) is 0 Å². The predicted molar refractivity (Wildman–Crippen MR) is 90.1 cm³/mol. The molecular weight excluding hydrogens is 292 g/mol. The molecule has 0 saturated heterocycles. The average Bonchev–Trinajstić information content (AvgIpc) is 2.84. The van der Waals surface area contributed by atoms with Crippen molar-refractivity contribution in [3.05, 3.63) is 28.8 Å². The summed E-state index contributed by atoms with van der Waals surface area (Å²) >= 11 is 0. The third-order valence-corrected chi connectivity index (χ3v) is 4.30. The van der Waals surface area contributed by atoms with Gasteiger partial charge in [0.1, 0.15) is 5.75 Å². The molecule has 0 atom stereocenters. The van der Waals surface area contributed by atoms with Crippen molar-refractivity contribution in [2.24, 2.45) is 0 Å². The van der Waals surface area contributed by atoms with Crippen molar-refractivity contribution in [2.75, 3.05) is 26.2 Å². The van der Waals surface area contributed by atoms with Crippen LogP contribution in [0.15, 0.2) is 12.1 Å². The summed E-state index contributed by atoms with van der Waals surface area (Å²) in [6.45, 7) is 9.74. The Morgan fingerprint density at radius 2 is 1.83 bits per heavy atom. The Labute approximate surface area is 138 Å². The van der Waals surface area contributed by atoms with Crippen LogP contribution in [0.5, 0.6) is 5.75 Å². The standard InChI is InChI=1S/C18H26N2O3/c1-4-7-12-23-15-9-8-14-16(18(22)19-17(14)21)13(15)10-11-20(5-2)6-3/h8-9H,4-7,10-12H2,1-3H3,(H,19,21,22). The molecular formula is C18H26N2O3. The Balaban J connectivity index is 2.30. The van der Waals surface area contributed by atoms with Crippen LogP contribution in [-0.4, -0.2) is 43.0 Å².